The predicted octanol–water partition coefficient (Wildman–Crippen LogP) is 4.95. The first kappa shape index (κ1) is 19.8. The largest absolute Gasteiger partial charge is 0.494 e. The van der Waals surface area contributed by atoms with Crippen molar-refractivity contribution in [3.8, 4) is 11.5 Å². The van der Waals surface area contributed by atoms with Crippen LogP contribution in [0.2, 0.25) is 0 Å². The normalized spacial score (nSPS) is 16.3. The van der Waals surface area contributed by atoms with E-state index >= 15 is 0 Å². The molecule has 0 saturated carbocycles. The number of rotatable bonds is 6. The summed E-state index contributed by atoms with van der Waals surface area (Å²) in [5.41, 5.74) is 2.75. The van der Waals surface area contributed by atoms with Gasteiger partial charge in [0.15, 0.2) is 0 Å². The molecule has 0 aliphatic carbocycles. The molecule has 2 rings (SSSR count). The van der Waals surface area contributed by atoms with Crippen LogP contribution >= 0.6 is 0 Å². The van der Waals surface area contributed by atoms with Gasteiger partial charge in [-0.1, -0.05) is 32.1 Å². The SMILES string of the molecule is CCOC(=O)C=C(C)C=CC1=CC(C)(C)COc2ccc(OCC)cc21. The third-order valence-corrected chi connectivity index (χ3v) is 3.88. The topological polar surface area (TPSA) is 44.8 Å². The third kappa shape index (κ3) is 5.51. The summed E-state index contributed by atoms with van der Waals surface area (Å²) >= 11 is 0. The van der Waals surface area contributed by atoms with Crippen LogP contribution in [0.5, 0.6) is 11.5 Å². The van der Waals surface area contributed by atoms with Crippen LogP contribution in [-0.4, -0.2) is 25.8 Å². The van der Waals surface area contributed by atoms with Gasteiger partial charge in [-0.25, -0.2) is 4.79 Å². The van der Waals surface area contributed by atoms with Crippen LogP contribution in [0.4, 0.5) is 0 Å². The molecule has 0 bridgehead atoms. The van der Waals surface area contributed by atoms with Crippen molar-refractivity contribution in [3.63, 3.8) is 0 Å². The molecule has 4 nitrogen and oxygen atoms in total. The second-order valence-electron chi connectivity index (χ2n) is 6.94. The van der Waals surface area contributed by atoms with Gasteiger partial charge in [0.2, 0.25) is 0 Å². The highest BCUT2D eigenvalue weighted by atomic mass is 16.5. The molecule has 1 aliphatic heterocycles. The fraction of sp³-hybridized carbons (Fsp3) is 0.409. The maximum atomic E-state index is 11.6. The van der Waals surface area contributed by atoms with Gasteiger partial charge in [0.25, 0.3) is 0 Å². The van der Waals surface area contributed by atoms with Crippen LogP contribution in [0.3, 0.4) is 0 Å². The van der Waals surface area contributed by atoms with Crippen LogP contribution < -0.4 is 9.47 Å². The van der Waals surface area contributed by atoms with E-state index in [1.807, 2.05) is 44.2 Å². The van der Waals surface area contributed by atoms with Gasteiger partial charge in [-0.15, -0.1) is 0 Å². The highest BCUT2D eigenvalue weighted by molar-refractivity contribution is 5.84. The molecule has 0 atom stereocenters. The van der Waals surface area contributed by atoms with Gasteiger partial charge in [-0.2, -0.15) is 0 Å². The Bertz CT molecular complexity index is 739. The standard InChI is InChI=1S/C22H28O4/c1-6-24-18-10-11-20-19(13-18)17(14-22(4,5)15-26-20)9-8-16(3)12-21(23)25-7-2/h8-14H,6-7,15H2,1-5H3. The summed E-state index contributed by atoms with van der Waals surface area (Å²) < 4.78 is 16.6. The third-order valence-electron chi connectivity index (χ3n) is 3.88. The number of hydrogen-bond acceptors (Lipinski definition) is 4. The van der Waals surface area contributed by atoms with Crippen LogP contribution in [-0.2, 0) is 9.53 Å². The molecule has 26 heavy (non-hydrogen) atoms. The first-order valence-corrected chi connectivity index (χ1v) is 9.00. The van der Waals surface area contributed by atoms with E-state index in [1.54, 1.807) is 6.92 Å². The van der Waals surface area contributed by atoms with E-state index in [9.17, 15) is 4.79 Å². The van der Waals surface area contributed by atoms with Gasteiger partial charge >= 0.3 is 5.97 Å². The number of hydrogen-bond donors (Lipinski definition) is 0. The van der Waals surface area contributed by atoms with E-state index in [2.05, 4.69) is 19.9 Å². The quantitative estimate of drug-likeness (QED) is 0.411. The summed E-state index contributed by atoms with van der Waals surface area (Å²) in [6, 6.07) is 5.87. The molecule has 1 aromatic carbocycles. The minimum atomic E-state index is -0.327. The summed E-state index contributed by atoms with van der Waals surface area (Å²) in [6.07, 6.45) is 7.62. The molecule has 0 radical (unpaired) electrons. The Kier molecular flexibility index (Phi) is 6.67. The molecule has 0 saturated heterocycles. The lowest BCUT2D eigenvalue weighted by molar-refractivity contribution is -0.137. The number of carbonyl (C=O) groups is 1. The Balaban J connectivity index is 2.38. The molecule has 4 heteroatoms. The fourth-order valence-electron chi connectivity index (χ4n) is 2.70. The van der Waals surface area contributed by atoms with Crippen molar-refractivity contribution in [2.45, 2.75) is 34.6 Å². The monoisotopic (exact) mass is 356 g/mol. The molecule has 1 aliphatic rings. The molecule has 0 aromatic heterocycles. The minimum absolute atomic E-state index is 0.108. The number of carbonyl (C=O) groups excluding carboxylic acids is 1. The van der Waals surface area contributed by atoms with E-state index in [0.717, 1.165) is 28.2 Å². The summed E-state index contributed by atoms with van der Waals surface area (Å²) in [5, 5.41) is 0. The number of allylic oxidation sites excluding steroid dienone is 4. The van der Waals surface area contributed by atoms with Crippen molar-refractivity contribution in [3.05, 3.63) is 53.6 Å². The molecule has 0 spiro atoms. The maximum absolute atomic E-state index is 11.6. The Morgan fingerprint density at radius 1 is 1.27 bits per heavy atom. The molecule has 0 amide bonds. The Morgan fingerprint density at radius 2 is 2.04 bits per heavy atom. The number of ether oxygens (including phenoxy) is 3. The van der Waals surface area contributed by atoms with Crippen molar-refractivity contribution < 1.29 is 19.0 Å². The van der Waals surface area contributed by atoms with Crippen molar-refractivity contribution in [1.82, 2.24) is 0 Å². The predicted molar refractivity (Wildman–Crippen MR) is 104 cm³/mol. The first-order chi connectivity index (χ1) is 12.3. The van der Waals surface area contributed by atoms with Crippen LogP contribution in [0.1, 0.15) is 40.2 Å². The molecular formula is C22H28O4. The van der Waals surface area contributed by atoms with E-state index in [-0.39, 0.29) is 11.4 Å². The molecular weight excluding hydrogens is 328 g/mol. The van der Waals surface area contributed by atoms with Gasteiger partial charge in [-0.05, 0) is 50.1 Å². The Hall–Kier alpha value is -2.49. The van der Waals surface area contributed by atoms with Gasteiger partial charge in [0.1, 0.15) is 11.5 Å². The maximum Gasteiger partial charge on any atom is 0.330 e. The molecule has 0 fully saturated rings. The number of fused-ring (bicyclic) bond motifs is 1. The molecule has 0 N–H and O–H groups in total. The summed E-state index contributed by atoms with van der Waals surface area (Å²) in [4.78, 5) is 11.6. The Labute approximate surface area is 156 Å². The average molecular weight is 356 g/mol. The molecule has 1 heterocycles. The molecule has 140 valence electrons. The summed E-state index contributed by atoms with van der Waals surface area (Å²) in [5.74, 6) is 1.32. The first-order valence-electron chi connectivity index (χ1n) is 9.00. The lowest BCUT2D eigenvalue weighted by atomic mass is 9.90. The lowest BCUT2D eigenvalue weighted by Gasteiger charge is -2.18. The lowest BCUT2D eigenvalue weighted by Crippen LogP contribution is -2.17. The second-order valence-corrected chi connectivity index (χ2v) is 6.94. The highest BCUT2D eigenvalue weighted by Gasteiger charge is 2.23. The van der Waals surface area contributed by atoms with Crippen LogP contribution in [0.15, 0.2) is 48.1 Å². The highest BCUT2D eigenvalue weighted by Crippen LogP contribution is 2.37. The summed E-state index contributed by atoms with van der Waals surface area (Å²) in [6.45, 7) is 11.5. The van der Waals surface area contributed by atoms with Gasteiger partial charge in [-0.3, -0.25) is 0 Å². The van der Waals surface area contributed by atoms with Crippen LogP contribution in [0, 0.1) is 5.41 Å². The van der Waals surface area contributed by atoms with E-state index < -0.39 is 0 Å². The zero-order chi connectivity index (χ0) is 19.2. The smallest absolute Gasteiger partial charge is 0.330 e. The van der Waals surface area contributed by atoms with Crippen molar-refractivity contribution in [1.29, 1.82) is 0 Å². The zero-order valence-electron chi connectivity index (χ0n) is 16.3. The van der Waals surface area contributed by atoms with E-state index in [1.165, 1.54) is 6.08 Å². The van der Waals surface area contributed by atoms with Crippen molar-refractivity contribution in [2.75, 3.05) is 19.8 Å². The summed E-state index contributed by atoms with van der Waals surface area (Å²) in [7, 11) is 0. The zero-order valence-corrected chi connectivity index (χ0v) is 16.3. The van der Waals surface area contributed by atoms with Crippen molar-refractivity contribution in [2.24, 2.45) is 5.41 Å². The Morgan fingerprint density at radius 3 is 2.73 bits per heavy atom. The van der Waals surface area contributed by atoms with Gasteiger partial charge in [0.05, 0.1) is 19.8 Å². The molecule has 1 aromatic rings. The van der Waals surface area contributed by atoms with E-state index in [0.29, 0.717) is 19.8 Å². The van der Waals surface area contributed by atoms with Crippen LogP contribution in [0.25, 0.3) is 5.57 Å². The van der Waals surface area contributed by atoms with E-state index in [4.69, 9.17) is 14.2 Å². The van der Waals surface area contributed by atoms with Gasteiger partial charge in [0, 0.05) is 17.1 Å². The molecule has 0 unspecified atom stereocenters. The van der Waals surface area contributed by atoms with Gasteiger partial charge < -0.3 is 14.2 Å². The minimum Gasteiger partial charge on any atom is -0.494 e. The van der Waals surface area contributed by atoms with Crippen molar-refractivity contribution >= 4 is 11.5 Å². The average Bonchev–Trinajstić information content (AvgIpc) is 2.70. The number of benzene rings is 1. The second kappa shape index (κ2) is 8.75. The number of esters is 1. The fourth-order valence-corrected chi connectivity index (χ4v) is 2.70.